The Kier molecular flexibility index (Phi) is 5.76. The number of furan rings is 1. The molecule has 0 saturated heterocycles. The lowest BCUT2D eigenvalue weighted by Gasteiger charge is -2.28. The maximum absolute atomic E-state index is 13.9. The molecule has 0 radical (unpaired) electrons. The van der Waals surface area contributed by atoms with Gasteiger partial charge in [-0.2, -0.15) is 9.78 Å². The second-order valence-corrected chi connectivity index (χ2v) is 10.0. The zero-order valence-electron chi connectivity index (χ0n) is 19.7. The normalized spacial score (nSPS) is 16.6. The van der Waals surface area contributed by atoms with Crippen molar-refractivity contribution in [3.63, 3.8) is 0 Å². The van der Waals surface area contributed by atoms with Crippen molar-refractivity contribution in [1.29, 1.82) is 0 Å². The average Bonchev–Trinajstić information content (AvgIpc) is 3.66. The molecular formula is C27H26ClN5O3. The Morgan fingerprint density at radius 3 is 2.61 bits per heavy atom. The number of aromatic amines is 1. The number of nitrogens with zero attached hydrogens (tertiary/aromatic N) is 3. The number of aryl methyl sites for hydroxylation is 1. The Morgan fingerprint density at radius 1 is 1.08 bits per heavy atom. The second kappa shape index (κ2) is 9.09. The van der Waals surface area contributed by atoms with Crippen LogP contribution in [0.2, 0.25) is 5.02 Å². The summed E-state index contributed by atoms with van der Waals surface area (Å²) in [6.07, 6.45) is 8.43. The van der Waals surface area contributed by atoms with Crippen LogP contribution in [0.5, 0.6) is 0 Å². The highest BCUT2D eigenvalue weighted by molar-refractivity contribution is 6.30. The summed E-state index contributed by atoms with van der Waals surface area (Å²) < 4.78 is 7.05. The van der Waals surface area contributed by atoms with E-state index in [0.29, 0.717) is 22.3 Å². The topological polar surface area (TPSA) is 106 Å². The molecule has 0 spiro atoms. The highest BCUT2D eigenvalue weighted by atomic mass is 35.5. The molecule has 2 N–H and O–H groups in total. The molecule has 0 unspecified atom stereocenters. The molecule has 1 aromatic carbocycles. The SMILES string of the molecule is O=C(Nc1cc(-c2ccco2)nn1-c1nc2c(c(=O)[nH]1)CCCC2)C1(c2ccc(Cl)cc2)CCCC1. The number of H-pyrrole nitrogens is 1. The lowest BCUT2D eigenvalue weighted by atomic mass is 9.78. The zero-order valence-corrected chi connectivity index (χ0v) is 20.5. The van der Waals surface area contributed by atoms with Gasteiger partial charge in [0, 0.05) is 16.7 Å². The van der Waals surface area contributed by atoms with E-state index >= 15 is 0 Å². The molecule has 2 aliphatic rings. The summed E-state index contributed by atoms with van der Waals surface area (Å²) in [5, 5.41) is 8.40. The van der Waals surface area contributed by atoms with Crippen LogP contribution in [0, 0.1) is 0 Å². The summed E-state index contributed by atoms with van der Waals surface area (Å²) in [6, 6.07) is 12.8. The molecule has 36 heavy (non-hydrogen) atoms. The van der Waals surface area contributed by atoms with E-state index in [1.54, 1.807) is 24.5 Å². The predicted molar refractivity (Wildman–Crippen MR) is 137 cm³/mol. The van der Waals surface area contributed by atoms with E-state index in [9.17, 15) is 9.59 Å². The first-order valence-corrected chi connectivity index (χ1v) is 12.8. The van der Waals surface area contributed by atoms with Gasteiger partial charge in [-0.3, -0.25) is 14.6 Å². The van der Waals surface area contributed by atoms with Crippen LogP contribution in [0.4, 0.5) is 5.82 Å². The van der Waals surface area contributed by atoms with Crippen LogP contribution in [0.15, 0.2) is 57.9 Å². The molecule has 0 aliphatic heterocycles. The van der Waals surface area contributed by atoms with E-state index in [-0.39, 0.29) is 17.4 Å². The summed E-state index contributed by atoms with van der Waals surface area (Å²) >= 11 is 6.12. The van der Waals surface area contributed by atoms with E-state index in [1.165, 1.54) is 4.68 Å². The summed E-state index contributed by atoms with van der Waals surface area (Å²) in [4.78, 5) is 34.4. The first kappa shape index (κ1) is 22.8. The molecule has 1 saturated carbocycles. The van der Waals surface area contributed by atoms with E-state index in [2.05, 4.69) is 15.4 Å². The molecule has 9 heteroatoms. The van der Waals surface area contributed by atoms with Crippen molar-refractivity contribution in [3.8, 4) is 17.4 Å². The van der Waals surface area contributed by atoms with Gasteiger partial charge in [0.25, 0.3) is 5.56 Å². The van der Waals surface area contributed by atoms with E-state index in [1.807, 2.05) is 24.3 Å². The minimum atomic E-state index is -0.665. The molecule has 3 heterocycles. The van der Waals surface area contributed by atoms with E-state index < -0.39 is 5.41 Å². The van der Waals surface area contributed by atoms with Crippen molar-refractivity contribution in [3.05, 3.63) is 80.9 Å². The van der Waals surface area contributed by atoms with Crippen molar-refractivity contribution in [1.82, 2.24) is 19.7 Å². The molecule has 1 fully saturated rings. The number of carbonyl (C=O) groups excluding carboxylic acids is 1. The number of halogens is 1. The van der Waals surface area contributed by atoms with Crippen molar-refractivity contribution in [2.24, 2.45) is 0 Å². The third-order valence-electron chi connectivity index (χ3n) is 7.39. The number of hydrogen-bond donors (Lipinski definition) is 2. The molecule has 3 aromatic heterocycles. The molecule has 184 valence electrons. The van der Waals surface area contributed by atoms with Crippen molar-refractivity contribution < 1.29 is 9.21 Å². The number of nitrogens with one attached hydrogen (secondary N) is 2. The lowest BCUT2D eigenvalue weighted by Crippen LogP contribution is -2.38. The first-order valence-electron chi connectivity index (χ1n) is 12.4. The second-order valence-electron chi connectivity index (χ2n) is 9.58. The molecule has 4 aromatic rings. The molecule has 6 rings (SSSR count). The minimum absolute atomic E-state index is 0.116. The average molecular weight is 504 g/mol. The number of anilines is 1. The van der Waals surface area contributed by atoms with Gasteiger partial charge >= 0.3 is 0 Å². The third kappa shape index (κ3) is 3.95. The lowest BCUT2D eigenvalue weighted by molar-refractivity contribution is -0.121. The highest BCUT2D eigenvalue weighted by Crippen LogP contribution is 2.42. The molecule has 1 amide bonds. The smallest absolute Gasteiger partial charge is 0.255 e. The quantitative estimate of drug-likeness (QED) is 0.389. The number of aromatic nitrogens is 4. The van der Waals surface area contributed by atoms with E-state index in [0.717, 1.165) is 68.2 Å². The number of rotatable bonds is 5. The molecule has 2 aliphatic carbocycles. The molecular weight excluding hydrogens is 478 g/mol. The van der Waals surface area contributed by atoms with Gasteiger partial charge in [0.05, 0.1) is 17.4 Å². The standard InChI is InChI=1S/C27H26ClN5O3/c28-18-11-9-17(10-12-18)27(13-3-4-14-27)25(35)30-23-16-21(22-8-5-15-36-22)32-33(23)26-29-20-7-2-1-6-19(20)24(34)31-26/h5,8-12,15-16H,1-4,6-7,13-14H2,(H,30,35)(H,29,31,34). The predicted octanol–water partition coefficient (Wildman–Crippen LogP) is 5.20. The van der Waals surface area contributed by atoms with Crippen LogP contribution in [0.3, 0.4) is 0 Å². The minimum Gasteiger partial charge on any atom is -0.463 e. The summed E-state index contributed by atoms with van der Waals surface area (Å²) in [7, 11) is 0. The highest BCUT2D eigenvalue weighted by Gasteiger charge is 2.43. The summed E-state index contributed by atoms with van der Waals surface area (Å²) in [6.45, 7) is 0. The van der Waals surface area contributed by atoms with Crippen molar-refractivity contribution >= 4 is 23.3 Å². The van der Waals surface area contributed by atoms with Crippen LogP contribution in [-0.4, -0.2) is 25.7 Å². The van der Waals surface area contributed by atoms with Crippen molar-refractivity contribution in [2.75, 3.05) is 5.32 Å². The fraction of sp³-hybridized carbons (Fsp3) is 0.333. The van der Waals surface area contributed by atoms with Gasteiger partial charge in [-0.05, 0) is 68.4 Å². The Morgan fingerprint density at radius 2 is 1.86 bits per heavy atom. The number of carbonyl (C=O) groups is 1. The first-order chi connectivity index (χ1) is 17.5. The van der Waals surface area contributed by atoms with Gasteiger partial charge in [0.2, 0.25) is 11.9 Å². The fourth-order valence-corrected chi connectivity index (χ4v) is 5.62. The maximum atomic E-state index is 13.9. The van der Waals surface area contributed by atoms with Gasteiger partial charge in [0.1, 0.15) is 11.5 Å². The monoisotopic (exact) mass is 503 g/mol. The Balaban J connectivity index is 1.42. The fourth-order valence-electron chi connectivity index (χ4n) is 5.50. The van der Waals surface area contributed by atoms with Gasteiger partial charge < -0.3 is 9.73 Å². The molecule has 8 nitrogen and oxygen atoms in total. The van der Waals surface area contributed by atoms with Crippen LogP contribution >= 0.6 is 11.6 Å². The third-order valence-corrected chi connectivity index (χ3v) is 7.64. The zero-order chi connectivity index (χ0) is 24.7. The van der Waals surface area contributed by atoms with E-state index in [4.69, 9.17) is 21.0 Å². The van der Waals surface area contributed by atoms with Crippen LogP contribution < -0.4 is 10.9 Å². The van der Waals surface area contributed by atoms with Crippen LogP contribution in [0.25, 0.3) is 17.4 Å². The largest absolute Gasteiger partial charge is 0.463 e. The van der Waals surface area contributed by atoms with Gasteiger partial charge in [-0.15, -0.1) is 0 Å². The summed E-state index contributed by atoms with van der Waals surface area (Å²) in [5.41, 5.74) is 2.18. The van der Waals surface area contributed by atoms with Gasteiger partial charge in [-0.25, -0.2) is 4.98 Å². The number of amides is 1. The number of hydrogen-bond acceptors (Lipinski definition) is 5. The Hall–Kier alpha value is -3.65. The molecule has 0 atom stereocenters. The van der Waals surface area contributed by atoms with Crippen molar-refractivity contribution in [2.45, 2.75) is 56.8 Å². The Bertz CT molecular complexity index is 1460. The van der Waals surface area contributed by atoms with Gasteiger partial charge in [-0.1, -0.05) is 36.6 Å². The van der Waals surface area contributed by atoms with Gasteiger partial charge in [0.15, 0.2) is 5.76 Å². The maximum Gasteiger partial charge on any atom is 0.255 e. The Labute approximate surface area is 212 Å². The van der Waals surface area contributed by atoms with Crippen LogP contribution in [0.1, 0.15) is 55.3 Å². The number of benzene rings is 1. The summed E-state index contributed by atoms with van der Waals surface area (Å²) in [5.74, 6) is 1.14. The van der Waals surface area contributed by atoms with Crippen LogP contribution in [-0.2, 0) is 23.1 Å². The molecule has 0 bridgehead atoms. The number of fused-ring (bicyclic) bond motifs is 1.